The summed E-state index contributed by atoms with van der Waals surface area (Å²) in [5.41, 5.74) is 0. The predicted molar refractivity (Wildman–Crippen MR) is 193 cm³/mol. The van der Waals surface area contributed by atoms with Crippen LogP contribution in [-0.4, -0.2) is 80.8 Å². The number of rotatable bonds is 10. The van der Waals surface area contributed by atoms with E-state index in [0.29, 0.717) is 0 Å². The Labute approximate surface area is 280 Å². The first-order valence-electron chi connectivity index (χ1n) is 16.0. The normalized spacial score (nSPS) is 29.0. The van der Waals surface area contributed by atoms with Gasteiger partial charge >= 0.3 is 5.97 Å². The maximum Gasteiger partial charge on any atom is 0.308 e. The van der Waals surface area contributed by atoms with Crippen molar-refractivity contribution in [3.63, 3.8) is 0 Å². The molecule has 2 saturated heterocycles. The molecule has 0 spiro atoms. The number of fused-ring (bicyclic) bond motifs is 1. The van der Waals surface area contributed by atoms with E-state index in [9.17, 15) is 4.79 Å². The van der Waals surface area contributed by atoms with Crippen molar-refractivity contribution in [2.45, 2.75) is 179 Å². The molecule has 0 bridgehead atoms. The molecule has 252 valence electrons. The SMILES string of the molecule is COC(=O)C[C@H]1CCC2O[C@@H](C(/C=C/I)O[Si](C)(C)C(C)(C)C)[C@@H](O[Si](C)(C)C(C)(C)C)C(O[Si](C)(C)C(C)(C)C)[C@H]2O1. The van der Waals surface area contributed by atoms with E-state index >= 15 is 0 Å². The third kappa shape index (κ3) is 9.71. The highest BCUT2D eigenvalue weighted by Gasteiger charge is 2.57. The lowest BCUT2D eigenvalue weighted by molar-refractivity contribution is -0.266. The molecule has 0 aliphatic carbocycles. The molecule has 2 heterocycles. The smallest absolute Gasteiger partial charge is 0.308 e. The van der Waals surface area contributed by atoms with Crippen molar-refractivity contribution in [3.8, 4) is 0 Å². The van der Waals surface area contributed by atoms with E-state index in [2.05, 4.69) is 130 Å². The van der Waals surface area contributed by atoms with Gasteiger partial charge in [-0.15, -0.1) is 0 Å². The van der Waals surface area contributed by atoms with Crippen LogP contribution in [0.25, 0.3) is 0 Å². The summed E-state index contributed by atoms with van der Waals surface area (Å²) < 4.78 is 42.8. The zero-order valence-electron chi connectivity index (χ0n) is 30.1. The van der Waals surface area contributed by atoms with Crippen molar-refractivity contribution in [1.29, 1.82) is 0 Å². The summed E-state index contributed by atoms with van der Waals surface area (Å²) in [6.07, 6.45) is 1.61. The molecule has 7 atom stereocenters. The van der Waals surface area contributed by atoms with E-state index in [1.807, 2.05) is 4.08 Å². The average molecular weight is 771 g/mol. The Kier molecular flexibility index (Phi) is 13.1. The topological polar surface area (TPSA) is 72.5 Å². The summed E-state index contributed by atoms with van der Waals surface area (Å²) in [6, 6.07) is 0. The molecule has 0 amide bonds. The largest absolute Gasteiger partial charge is 0.469 e. The summed E-state index contributed by atoms with van der Waals surface area (Å²) in [7, 11) is -5.36. The number of ether oxygens (including phenoxy) is 3. The van der Waals surface area contributed by atoms with Crippen LogP contribution >= 0.6 is 22.6 Å². The first-order valence-corrected chi connectivity index (χ1v) is 25.9. The van der Waals surface area contributed by atoms with Crippen molar-refractivity contribution in [2.24, 2.45) is 0 Å². The molecule has 0 N–H and O–H groups in total. The predicted octanol–water partition coefficient (Wildman–Crippen LogP) is 8.98. The van der Waals surface area contributed by atoms with Gasteiger partial charge in [0.05, 0.1) is 31.8 Å². The molecule has 43 heavy (non-hydrogen) atoms. The summed E-state index contributed by atoms with van der Waals surface area (Å²) in [5, 5.41) is -0.00778. The molecule has 0 aromatic rings. The zero-order chi connectivity index (χ0) is 33.4. The minimum absolute atomic E-state index is 0.0168. The second-order valence-corrected chi connectivity index (χ2v) is 32.1. The van der Waals surface area contributed by atoms with Gasteiger partial charge in [0.25, 0.3) is 0 Å². The van der Waals surface area contributed by atoms with E-state index in [-0.39, 0.29) is 64.1 Å². The van der Waals surface area contributed by atoms with Crippen molar-refractivity contribution in [3.05, 3.63) is 10.2 Å². The molecule has 2 fully saturated rings. The lowest BCUT2D eigenvalue weighted by atomic mass is 9.87. The van der Waals surface area contributed by atoms with Crippen LogP contribution in [0.1, 0.15) is 81.6 Å². The third-order valence-electron chi connectivity index (χ3n) is 10.7. The molecule has 11 heteroatoms. The Bertz CT molecular complexity index is 965. The third-order valence-corrected chi connectivity index (χ3v) is 24.5. The summed E-state index contributed by atoms with van der Waals surface area (Å²) in [6.45, 7) is 34.1. The number of carbonyl (C=O) groups is 1. The zero-order valence-corrected chi connectivity index (χ0v) is 35.2. The van der Waals surface area contributed by atoms with Crippen molar-refractivity contribution >= 4 is 53.5 Å². The Morgan fingerprint density at radius 3 is 1.74 bits per heavy atom. The molecule has 2 aliphatic rings. The highest BCUT2D eigenvalue weighted by Crippen LogP contribution is 2.47. The van der Waals surface area contributed by atoms with E-state index in [0.717, 1.165) is 12.8 Å². The Morgan fingerprint density at radius 1 is 0.814 bits per heavy atom. The van der Waals surface area contributed by atoms with Crippen LogP contribution < -0.4 is 0 Å². The maximum absolute atomic E-state index is 12.3. The average Bonchev–Trinajstić information content (AvgIpc) is 2.82. The van der Waals surface area contributed by atoms with Crippen molar-refractivity contribution in [2.75, 3.05) is 7.11 Å². The molecule has 7 nitrogen and oxygen atoms in total. The van der Waals surface area contributed by atoms with E-state index < -0.39 is 31.1 Å². The summed E-state index contributed by atoms with van der Waals surface area (Å²) in [4.78, 5) is 12.3. The molecule has 2 aliphatic heterocycles. The van der Waals surface area contributed by atoms with E-state index in [4.69, 9.17) is 27.5 Å². The molecule has 0 aromatic carbocycles. The summed E-state index contributed by atoms with van der Waals surface area (Å²) >= 11 is 2.29. The van der Waals surface area contributed by atoms with Crippen molar-refractivity contribution < 1.29 is 32.3 Å². The minimum atomic E-state index is -2.31. The molecule has 0 radical (unpaired) electrons. The van der Waals surface area contributed by atoms with Gasteiger partial charge in [0.15, 0.2) is 25.0 Å². The van der Waals surface area contributed by atoms with Gasteiger partial charge in [-0.2, -0.15) is 0 Å². The van der Waals surface area contributed by atoms with Gasteiger partial charge in [0.2, 0.25) is 0 Å². The van der Waals surface area contributed by atoms with E-state index in [1.54, 1.807) is 0 Å². The summed E-state index contributed by atoms with van der Waals surface area (Å²) in [5.74, 6) is -0.260. The molecule has 0 saturated carbocycles. The number of carbonyl (C=O) groups excluding carboxylic acids is 1. The van der Waals surface area contributed by atoms with Crippen LogP contribution in [0.3, 0.4) is 0 Å². The fourth-order valence-corrected chi connectivity index (χ4v) is 9.03. The van der Waals surface area contributed by atoms with Crippen molar-refractivity contribution in [1.82, 2.24) is 0 Å². The van der Waals surface area contributed by atoms with Crippen LogP contribution in [0.15, 0.2) is 10.2 Å². The van der Waals surface area contributed by atoms with Crippen LogP contribution in [-0.2, 0) is 32.3 Å². The molecule has 0 aromatic heterocycles. The van der Waals surface area contributed by atoms with Crippen LogP contribution in [0.4, 0.5) is 0 Å². The molecular formula is C32H63IO7Si3. The number of hydrogen-bond acceptors (Lipinski definition) is 7. The Morgan fingerprint density at radius 2 is 1.30 bits per heavy atom. The van der Waals surface area contributed by atoms with Crippen LogP contribution in [0.5, 0.6) is 0 Å². The second kappa shape index (κ2) is 14.2. The van der Waals surface area contributed by atoms with E-state index in [1.165, 1.54) is 7.11 Å². The number of esters is 1. The monoisotopic (exact) mass is 770 g/mol. The van der Waals surface area contributed by atoms with Gasteiger partial charge in [-0.05, 0) is 77.4 Å². The van der Waals surface area contributed by atoms with Gasteiger partial charge in [0.1, 0.15) is 24.4 Å². The molecule has 2 rings (SSSR count). The highest BCUT2D eigenvalue weighted by atomic mass is 127. The Balaban J connectivity index is 2.73. The first-order chi connectivity index (χ1) is 19.3. The Hall–Kier alpha value is 0.391. The van der Waals surface area contributed by atoms with Crippen LogP contribution in [0, 0.1) is 0 Å². The van der Waals surface area contributed by atoms with Gasteiger partial charge < -0.3 is 27.5 Å². The van der Waals surface area contributed by atoms with Gasteiger partial charge in [-0.1, -0.05) is 84.9 Å². The van der Waals surface area contributed by atoms with Gasteiger partial charge in [-0.25, -0.2) is 0 Å². The number of methoxy groups -OCH3 is 1. The highest BCUT2D eigenvalue weighted by molar-refractivity contribution is 14.1. The quantitative estimate of drug-likeness (QED) is 0.125. The van der Waals surface area contributed by atoms with Gasteiger partial charge in [-0.3, -0.25) is 4.79 Å². The number of halogens is 1. The maximum atomic E-state index is 12.3. The standard InChI is InChI=1S/C32H63IO7Si3/c1-30(2,3)41(11,12)38-24(19-20-33)27-29(40-43(15,16)32(7,8)9)28(39-42(13,14)31(4,5)6)26-23(37-27)18-17-22(36-26)21-25(34)35-10/h19-20,22-24,26-29H,17-18,21H2,1-16H3/b20-19+/t22-,23?,24?,26+,27+,28?,29-/m1/s1. The molecule has 3 unspecified atom stereocenters. The fraction of sp³-hybridized carbons (Fsp3) is 0.906. The number of hydrogen-bond donors (Lipinski definition) is 0. The lowest BCUT2D eigenvalue weighted by Gasteiger charge is -2.56. The fourth-order valence-electron chi connectivity index (χ4n) is 4.77. The first kappa shape index (κ1) is 39.6. The van der Waals surface area contributed by atoms with Gasteiger partial charge in [0, 0.05) is 0 Å². The van der Waals surface area contributed by atoms with Crippen LogP contribution in [0.2, 0.25) is 54.4 Å². The second-order valence-electron chi connectivity index (χ2n) is 17.1. The molecular weight excluding hydrogens is 708 g/mol. The minimum Gasteiger partial charge on any atom is -0.469 e. The lowest BCUT2D eigenvalue weighted by Crippen LogP contribution is -2.69.